The van der Waals surface area contributed by atoms with Gasteiger partial charge in [-0.25, -0.2) is 77.6 Å². The SMILES string of the molecule is C.CCOc1ccc([SH+]c2ccc(C)cc2)cc1.FC(F)F.O=C(C[S+]1CCCC1)c1ccccc1.O=S(=O)([O-])C(F)(F)F.O=S(=O)([O-])C(F)(F)F.O=S(=O)([O-])c1c(F)c(F)c(F)c(F)c1F.O=S(=O)([O-])c1c(F)c(F)c(F)c(F)c1F.O=S([O-])[O-].Sc1ccc([SH+]c2ccccc2)cc1.c1ccc(Sc2ccc([SH+]c3ccccc3)cc2)cc1.c1ccc(Sc2ccc([SH+]c3ccccc3)cc2)cc1. The molecule has 14 rings (SSSR count). The molecule has 0 aromatic heterocycles. The van der Waals surface area contributed by atoms with Crippen LogP contribution in [0.2, 0.25) is 0 Å². The lowest BCUT2D eigenvalue weighted by Gasteiger charge is -2.10. The molecule has 1 aliphatic rings. The molecule has 0 bridgehead atoms. The van der Waals surface area contributed by atoms with Crippen molar-refractivity contribution < 1.29 is 158 Å². The van der Waals surface area contributed by atoms with Crippen molar-refractivity contribution in [1.29, 1.82) is 0 Å². The standard InChI is InChI=1S/2C18H14S2.C15H16OS.C12H15OS.C12H10S2.2C6HF5O3S.2CHF3O3S.CHF3.CH4.H2O3S/c2*1-3-7-15(8-4-1)19-17-11-13-18(14-12-17)20-16-9-5-2-6-10-16;1-3-16-13-6-10-15(11-7-13)17-14-8-4-12(2)5-9-14;13-12(10-14-8-4-5-9-14)11-6-2-1-3-7-11;13-10-6-8-12(9-7-10)14-11-4-2-1-3-5-11;2*7-1-2(8)4(10)6(15(12,13)14)5(11)3(1)9;2*2-1(3,4)8(5,6)7;2-1(3)4;;1-4(2)3/h2*1-14H;4-11H,3H2,1-2H3;1-3,6-7H,4-5,8-10H2;1-9,13H;2*(H,12,13,14);2*(H,5,6,7);1H;1H4;(H2,1,2,3)/q;;;+1;;;;;;;;/p-2. The number of carbonyl (C=O) groups excluding carboxylic acids is 1. The summed E-state index contributed by atoms with van der Waals surface area (Å²) in [6.45, 7) is 1.16. The molecular weight excluding hydrogens is 2140 g/mol. The minimum absolute atomic E-state index is 0. The molecule has 13 aromatic rings. The van der Waals surface area contributed by atoms with Crippen LogP contribution >= 0.6 is 36.2 Å². The fourth-order valence-electron chi connectivity index (χ4n) is 9.82. The van der Waals surface area contributed by atoms with E-state index >= 15 is 0 Å². The van der Waals surface area contributed by atoms with Crippen molar-refractivity contribution in [3.63, 3.8) is 0 Å². The number of rotatable bonds is 19. The quantitative estimate of drug-likeness (QED) is 0.00904. The Kier molecular flexibility index (Phi) is 55.3. The molecule has 0 N–H and O–H groups in total. The summed E-state index contributed by atoms with van der Waals surface area (Å²) in [5, 5.41) is 0. The van der Waals surface area contributed by atoms with E-state index in [2.05, 4.69) is 250 Å². The van der Waals surface area contributed by atoms with Gasteiger partial charge in [0.05, 0.1) is 6.61 Å². The molecular formula is C91H78F19O17S13-. The van der Waals surface area contributed by atoms with Crippen LogP contribution in [0.15, 0.2) is 377 Å². The van der Waals surface area contributed by atoms with Crippen LogP contribution in [0.4, 0.5) is 83.4 Å². The van der Waals surface area contributed by atoms with Gasteiger partial charge >= 0.3 is 17.7 Å². The van der Waals surface area contributed by atoms with Crippen LogP contribution in [0.5, 0.6) is 5.75 Å². The predicted octanol–water partition coefficient (Wildman–Crippen LogP) is 22.7. The Morgan fingerprint density at radius 1 is 0.386 bits per heavy atom. The van der Waals surface area contributed by atoms with Crippen LogP contribution in [-0.2, 0) is 110 Å². The average molecular weight is 2220 g/mol. The monoisotopic (exact) mass is 2220 g/mol. The first-order valence-electron chi connectivity index (χ1n) is 38.3. The van der Waals surface area contributed by atoms with Crippen molar-refractivity contribution in [1.82, 2.24) is 0 Å². The fourth-order valence-corrected chi connectivity index (χ4v) is 18.8. The van der Waals surface area contributed by atoms with E-state index in [1.807, 2.05) is 79.7 Å². The van der Waals surface area contributed by atoms with Crippen molar-refractivity contribution in [2.24, 2.45) is 0 Å². The average Bonchev–Trinajstić information content (AvgIpc) is 0.790. The fraction of sp³-hybridized carbons (Fsp3) is 0.132. The molecule has 1 saturated heterocycles. The predicted molar refractivity (Wildman–Crippen MR) is 502 cm³/mol. The number of ketones is 1. The summed E-state index contributed by atoms with van der Waals surface area (Å²) in [6, 6.07) is 105. The molecule has 0 radical (unpaired) electrons. The number of ether oxygens (including phenoxy) is 1. The van der Waals surface area contributed by atoms with Gasteiger partial charge in [-0.15, -0.1) is 24.0 Å². The molecule has 0 amide bonds. The zero-order valence-corrected chi connectivity index (χ0v) is 81.8. The summed E-state index contributed by atoms with van der Waals surface area (Å²) in [6.07, 6.45) is 2.65. The highest BCUT2D eigenvalue weighted by Gasteiger charge is 2.38. The normalized spacial score (nSPS) is 11.6. The first-order chi connectivity index (χ1) is 65.1. The highest BCUT2D eigenvalue weighted by atomic mass is 32.2. The molecule has 49 heteroatoms. The largest absolute Gasteiger partial charge is 0.784 e. The molecule has 140 heavy (non-hydrogen) atoms. The molecule has 13 aromatic carbocycles. The Bertz CT molecular complexity index is 5980. The second-order valence-electron chi connectivity index (χ2n) is 26.2. The summed E-state index contributed by atoms with van der Waals surface area (Å²) in [7, 11) is -23.3. The van der Waals surface area contributed by atoms with Gasteiger partial charge in [0.2, 0.25) is 17.4 Å². The van der Waals surface area contributed by atoms with Crippen LogP contribution in [0.1, 0.15) is 43.1 Å². The van der Waals surface area contributed by atoms with E-state index in [-0.39, 0.29) is 7.43 Å². The van der Waals surface area contributed by atoms with E-state index in [9.17, 15) is 114 Å². The third-order valence-electron chi connectivity index (χ3n) is 15.9. The van der Waals surface area contributed by atoms with Gasteiger partial charge in [0.25, 0.3) is 0 Å². The summed E-state index contributed by atoms with van der Waals surface area (Å²) in [5.74, 6) is -21.0. The highest BCUT2D eigenvalue weighted by molar-refractivity contribution is 7.99. The number of carbonyl (C=O) groups is 1. The van der Waals surface area contributed by atoms with Crippen molar-refractivity contribution >= 4 is 152 Å². The van der Waals surface area contributed by atoms with Gasteiger partial charge in [-0.1, -0.05) is 170 Å². The maximum absolute atomic E-state index is 12.6. The van der Waals surface area contributed by atoms with Crippen molar-refractivity contribution in [3.05, 3.63) is 373 Å². The topological polar surface area (TPSA) is 318 Å². The Labute approximate surface area is 830 Å². The number of hydrogen-bond acceptors (Lipinski definition) is 20. The van der Waals surface area contributed by atoms with E-state index < -0.39 is 137 Å². The van der Waals surface area contributed by atoms with E-state index in [1.165, 1.54) is 136 Å². The number of benzene rings is 13. The summed E-state index contributed by atoms with van der Waals surface area (Å²) < 4.78 is 363. The van der Waals surface area contributed by atoms with Crippen LogP contribution in [-0.4, -0.2) is 113 Å². The lowest BCUT2D eigenvalue weighted by Crippen LogP contribution is -2.21. The molecule has 1 heterocycles. The molecule has 0 saturated carbocycles. The molecule has 0 spiro atoms. The zero-order chi connectivity index (χ0) is 104. The molecule has 0 atom stereocenters. The van der Waals surface area contributed by atoms with E-state index in [0.717, 1.165) is 28.6 Å². The van der Waals surface area contributed by atoms with Gasteiger partial charge in [0.15, 0.2) is 112 Å². The minimum Gasteiger partial charge on any atom is -0.784 e. The summed E-state index contributed by atoms with van der Waals surface area (Å²) >= 11 is 9.76. The lowest BCUT2D eigenvalue weighted by molar-refractivity contribution is -0.0522. The smallest absolute Gasteiger partial charge is 0.485 e. The first-order valence-corrected chi connectivity index (χ1v) is 52.3. The Balaban J connectivity index is 0.000000405. The number of Topliss-reactive ketones (excluding diaryl/α,β-unsaturated/α-hetero) is 1. The molecule has 17 nitrogen and oxygen atoms in total. The highest BCUT2D eigenvalue weighted by Crippen LogP contribution is 2.33. The third kappa shape index (κ3) is 48.1. The minimum atomic E-state index is -6.09. The second kappa shape index (κ2) is 62.2. The molecule has 756 valence electrons. The molecule has 1 fully saturated rings. The molecule has 0 unspecified atom stereocenters. The Morgan fingerprint density at radius 3 is 0.850 bits per heavy atom. The van der Waals surface area contributed by atoms with Gasteiger partial charge in [0, 0.05) is 77.1 Å². The van der Waals surface area contributed by atoms with E-state index in [1.54, 1.807) is 23.5 Å². The van der Waals surface area contributed by atoms with E-state index in [4.69, 9.17) is 44.0 Å². The van der Waals surface area contributed by atoms with E-state index in [0.29, 0.717) is 16.7 Å². The Hall–Kier alpha value is -9.49. The first kappa shape index (κ1) is 125. The van der Waals surface area contributed by atoms with Crippen LogP contribution in [0.3, 0.4) is 0 Å². The molecule has 1 aliphatic heterocycles. The number of aryl methyl sites for hydroxylation is 1. The maximum atomic E-state index is 12.6. The van der Waals surface area contributed by atoms with Crippen molar-refractivity contribution in [2.45, 2.75) is 125 Å². The van der Waals surface area contributed by atoms with Gasteiger partial charge in [0.1, 0.15) is 47.3 Å². The van der Waals surface area contributed by atoms with Crippen molar-refractivity contribution in [2.75, 3.05) is 23.9 Å². The van der Waals surface area contributed by atoms with Gasteiger partial charge in [-0.3, -0.25) is 9.00 Å². The zero-order valence-electron chi connectivity index (χ0n) is 70.8. The van der Waals surface area contributed by atoms with Crippen molar-refractivity contribution in [3.8, 4) is 5.75 Å². The Morgan fingerprint density at radius 2 is 0.600 bits per heavy atom. The number of thiol groups is 5. The van der Waals surface area contributed by atoms with Crippen LogP contribution < -0.4 is 4.74 Å². The molecule has 0 aliphatic carbocycles. The summed E-state index contributed by atoms with van der Waals surface area (Å²) in [4.78, 5) is 23.7. The van der Waals surface area contributed by atoms with Crippen LogP contribution in [0, 0.1) is 65.1 Å². The number of alkyl halides is 9. The summed E-state index contributed by atoms with van der Waals surface area (Å²) in [5.41, 5.74) is -9.11. The second-order valence-corrected chi connectivity index (χ2v) is 42.1. The maximum Gasteiger partial charge on any atom is 0.485 e. The van der Waals surface area contributed by atoms with Crippen LogP contribution in [0.25, 0.3) is 0 Å². The lowest BCUT2D eigenvalue weighted by atomic mass is 10.2. The number of hydrogen-bond donors (Lipinski definition) is 1. The number of halogens is 19. The third-order valence-corrected chi connectivity index (χ3v) is 28.0. The van der Waals surface area contributed by atoms with Gasteiger partial charge < -0.3 is 32.1 Å². The van der Waals surface area contributed by atoms with Gasteiger partial charge in [-0.05, 0) is 207 Å². The van der Waals surface area contributed by atoms with Gasteiger partial charge in [-0.2, -0.15) is 39.5 Å².